The summed E-state index contributed by atoms with van der Waals surface area (Å²) in [5.74, 6) is 1.56. The Morgan fingerprint density at radius 3 is 1.26 bits per heavy atom. The van der Waals surface area contributed by atoms with E-state index in [4.69, 9.17) is 0 Å². The van der Waals surface area contributed by atoms with Crippen molar-refractivity contribution < 1.29 is 4.79 Å². The Bertz CT molecular complexity index is 348. The van der Waals surface area contributed by atoms with Crippen molar-refractivity contribution >= 4 is 5.78 Å². The molecule has 0 heterocycles. The van der Waals surface area contributed by atoms with Crippen molar-refractivity contribution in [1.29, 1.82) is 0 Å². The van der Waals surface area contributed by atoms with Crippen LogP contribution in [0, 0.1) is 11.3 Å². The standard InChI is InChI=1S/C26H50O/c1-26(2,3)25(27)21-19-17-15-13-11-9-7-5-4-6-8-10-12-14-16-18-20-24-22-23-24/h24H,4-23H2,1-3H3. The summed E-state index contributed by atoms with van der Waals surface area (Å²) in [6, 6.07) is 0. The van der Waals surface area contributed by atoms with E-state index in [1.54, 1.807) is 0 Å². The summed E-state index contributed by atoms with van der Waals surface area (Å²) in [5, 5.41) is 0. The lowest BCUT2D eigenvalue weighted by Gasteiger charge is -2.16. The van der Waals surface area contributed by atoms with Crippen LogP contribution in [0.5, 0.6) is 0 Å². The molecule has 0 bridgehead atoms. The summed E-state index contributed by atoms with van der Waals surface area (Å²) >= 11 is 0. The average molecular weight is 379 g/mol. The molecule has 0 aromatic rings. The second-order valence-electron chi connectivity index (χ2n) is 10.3. The van der Waals surface area contributed by atoms with E-state index in [-0.39, 0.29) is 5.41 Å². The third-order valence-corrected chi connectivity index (χ3v) is 6.30. The molecular formula is C26H50O. The van der Waals surface area contributed by atoms with Crippen LogP contribution in [0.15, 0.2) is 0 Å². The normalized spacial score (nSPS) is 14.6. The van der Waals surface area contributed by atoms with E-state index in [9.17, 15) is 4.79 Å². The van der Waals surface area contributed by atoms with Crippen molar-refractivity contribution in [2.45, 2.75) is 149 Å². The van der Waals surface area contributed by atoms with E-state index in [0.29, 0.717) is 5.78 Å². The van der Waals surface area contributed by atoms with Crippen LogP contribution in [-0.4, -0.2) is 5.78 Å². The molecule has 160 valence electrons. The van der Waals surface area contributed by atoms with Gasteiger partial charge in [0.2, 0.25) is 0 Å². The first-order valence-corrected chi connectivity index (χ1v) is 12.5. The minimum absolute atomic E-state index is 0.143. The molecule has 1 heteroatoms. The third-order valence-electron chi connectivity index (χ3n) is 6.30. The Hall–Kier alpha value is -0.330. The van der Waals surface area contributed by atoms with Crippen LogP contribution in [0.1, 0.15) is 149 Å². The zero-order valence-electron chi connectivity index (χ0n) is 19.1. The zero-order valence-corrected chi connectivity index (χ0v) is 19.1. The molecule has 0 amide bonds. The highest BCUT2D eigenvalue weighted by Crippen LogP contribution is 2.34. The van der Waals surface area contributed by atoms with Crippen LogP contribution in [0.2, 0.25) is 0 Å². The molecule has 0 saturated heterocycles. The average Bonchev–Trinajstić information content (AvgIpc) is 3.44. The Balaban J connectivity index is 1.66. The molecule has 0 aliphatic heterocycles. The Morgan fingerprint density at radius 2 is 0.926 bits per heavy atom. The predicted octanol–water partition coefficient (Wildman–Crippen LogP) is 9.03. The smallest absolute Gasteiger partial charge is 0.138 e. The molecule has 0 radical (unpaired) electrons. The third kappa shape index (κ3) is 16.3. The van der Waals surface area contributed by atoms with E-state index >= 15 is 0 Å². The number of hydrogen-bond acceptors (Lipinski definition) is 1. The zero-order chi connectivity index (χ0) is 19.8. The van der Waals surface area contributed by atoms with E-state index in [1.807, 2.05) is 20.8 Å². The minimum atomic E-state index is -0.143. The maximum Gasteiger partial charge on any atom is 0.138 e. The molecule has 0 N–H and O–H groups in total. The van der Waals surface area contributed by atoms with Gasteiger partial charge in [0.25, 0.3) is 0 Å². The highest BCUT2D eigenvalue weighted by atomic mass is 16.1. The van der Waals surface area contributed by atoms with Gasteiger partial charge in [-0.25, -0.2) is 0 Å². The molecule has 0 aromatic heterocycles. The van der Waals surface area contributed by atoms with Crippen molar-refractivity contribution in [2.75, 3.05) is 0 Å². The molecule has 1 saturated carbocycles. The predicted molar refractivity (Wildman–Crippen MR) is 120 cm³/mol. The summed E-state index contributed by atoms with van der Waals surface area (Å²) in [7, 11) is 0. The molecule has 0 spiro atoms. The second-order valence-corrected chi connectivity index (χ2v) is 10.3. The topological polar surface area (TPSA) is 17.1 Å². The Kier molecular flexibility index (Phi) is 14.3. The van der Waals surface area contributed by atoms with Crippen LogP contribution < -0.4 is 0 Å². The summed E-state index contributed by atoms with van der Waals surface area (Å²) in [5.41, 5.74) is -0.143. The first kappa shape index (κ1) is 24.7. The van der Waals surface area contributed by atoms with Crippen molar-refractivity contribution in [1.82, 2.24) is 0 Å². The quantitative estimate of drug-likeness (QED) is 0.205. The highest BCUT2D eigenvalue weighted by Gasteiger charge is 2.20. The van der Waals surface area contributed by atoms with E-state index in [0.717, 1.165) is 18.8 Å². The first-order chi connectivity index (χ1) is 13.0. The second kappa shape index (κ2) is 15.6. The number of Topliss-reactive ketones (excluding diaryl/α,β-unsaturated/α-hetero) is 1. The molecule has 0 unspecified atom stereocenters. The molecule has 0 atom stereocenters. The summed E-state index contributed by atoms with van der Waals surface area (Å²) < 4.78 is 0. The van der Waals surface area contributed by atoms with Crippen LogP contribution in [0.4, 0.5) is 0 Å². The van der Waals surface area contributed by atoms with Crippen molar-refractivity contribution in [3.63, 3.8) is 0 Å². The molecule has 1 aliphatic carbocycles. The van der Waals surface area contributed by atoms with Gasteiger partial charge in [-0.15, -0.1) is 0 Å². The van der Waals surface area contributed by atoms with Crippen molar-refractivity contribution in [2.24, 2.45) is 11.3 Å². The van der Waals surface area contributed by atoms with E-state index < -0.39 is 0 Å². The summed E-state index contributed by atoms with van der Waals surface area (Å²) in [6.07, 6.45) is 27.9. The lowest BCUT2D eigenvalue weighted by molar-refractivity contribution is -0.126. The van der Waals surface area contributed by atoms with Gasteiger partial charge in [0.05, 0.1) is 0 Å². The van der Waals surface area contributed by atoms with Crippen LogP contribution in [-0.2, 0) is 4.79 Å². The van der Waals surface area contributed by atoms with Gasteiger partial charge in [0.15, 0.2) is 0 Å². The lowest BCUT2D eigenvalue weighted by Crippen LogP contribution is -2.19. The monoisotopic (exact) mass is 378 g/mol. The van der Waals surface area contributed by atoms with Gasteiger partial charge in [-0.05, 0) is 12.3 Å². The van der Waals surface area contributed by atoms with Gasteiger partial charge < -0.3 is 0 Å². The highest BCUT2D eigenvalue weighted by molar-refractivity contribution is 5.83. The number of ketones is 1. The van der Waals surface area contributed by atoms with E-state index in [1.165, 1.54) is 116 Å². The summed E-state index contributed by atoms with van der Waals surface area (Å²) in [4.78, 5) is 11.8. The SMILES string of the molecule is CC(C)(C)C(=O)CCCCCCCCCCCCCCCCCCC1CC1. The summed E-state index contributed by atoms with van der Waals surface area (Å²) in [6.45, 7) is 6.10. The number of rotatable bonds is 19. The maximum absolute atomic E-state index is 11.8. The fourth-order valence-corrected chi connectivity index (χ4v) is 3.97. The van der Waals surface area contributed by atoms with Gasteiger partial charge in [-0.2, -0.15) is 0 Å². The Morgan fingerprint density at radius 1 is 0.593 bits per heavy atom. The fourth-order valence-electron chi connectivity index (χ4n) is 3.97. The van der Waals surface area contributed by atoms with Crippen molar-refractivity contribution in [3.05, 3.63) is 0 Å². The molecular weight excluding hydrogens is 328 g/mol. The fraction of sp³-hybridized carbons (Fsp3) is 0.962. The van der Waals surface area contributed by atoms with Gasteiger partial charge in [-0.3, -0.25) is 4.79 Å². The van der Waals surface area contributed by atoms with Crippen LogP contribution >= 0.6 is 0 Å². The van der Waals surface area contributed by atoms with Crippen LogP contribution in [0.3, 0.4) is 0 Å². The Labute approximate surface area is 171 Å². The number of hydrogen-bond donors (Lipinski definition) is 0. The van der Waals surface area contributed by atoms with Gasteiger partial charge in [-0.1, -0.05) is 136 Å². The molecule has 1 rings (SSSR count). The van der Waals surface area contributed by atoms with E-state index in [2.05, 4.69) is 0 Å². The molecule has 1 fully saturated rings. The molecule has 0 aromatic carbocycles. The van der Waals surface area contributed by atoms with Gasteiger partial charge >= 0.3 is 0 Å². The van der Waals surface area contributed by atoms with Crippen LogP contribution in [0.25, 0.3) is 0 Å². The first-order valence-electron chi connectivity index (χ1n) is 12.5. The number of unbranched alkanes of at least 4 members (excludes halogenated alkanes) is 15. The minimum Gasteiger partial charge on any atom is -0.299 e. The van der Waals surface area contributed by atoms with Crippen molar-refractivity contribution in [3.8, 4) is 0 Å². The molecule has 1 nitrogen and oxygen atoms in total. The number of carbonyl (C=O) groups excluding carboxylic acids is 1. The lowest BCUT2D eigenvalue weighted by atomic mass is 9.88. The molecule has 27 heavy (non-hydrogen) atoms. The van der Waals surface area contributed by atoms with Gasteiger partial charge in [0.1, 0.15) is 5.78 Å². The number of carbonyl (C=O) groups is 1. The molecule has 1 aliphatic rings. The largest absolute Gasteiger partial charge is 0.299 e. The van der Waals surface area contributed by atoms with Gasteiger partial charge in [0, 0.05) is 11.8 Å². The maximum atomic E-state index is 11.8.